The average Bonchev–Trinajstić information content (AvgIpc) is 2.90. The second-order valence-corrected chi connectivity index (χ2v) is 5.78. The Bertz CT molecular complexity index is 597. The first-order valence-corrected chi connectivity index (χ1v) is 7.36. The van der Waals surface area contributed by atoms with Crippen LogP contribution in [-0.4, -0.2) is 9.02 Å². The van der Waals surface area contributed by atoms with E-state index in [1.165, 1.54) is 11.1 Å². The summed E-state index contributed by atoms with van der Waals surface area (Å²) in [5.41, 5.74) is 3.41. The zero-order valence-electron chi connectivity index (χ0n) is 10.4. The lowest BCUT2D eigenvalue weighted by Crippen LogP contribution is -2.24. The molecule has 0 N–H and O–H groups in total. The first-order chi connectivity index (χ1) is 9.27. The van der Waals surface area contributed by atoms with Crippen LogP contribution in [0.4, 0.5) is 0 Å². The van der Waals surface area contributed by atoms with Crippen molar-refractivity contribution in [1.29, 1.82) is 0 Å². The third-order valence-electron chi connectivity index (χ3n) is 3.59. The first kappa shape index (κ1) is 12.7. The van der Waals surface area contributed by atoms with Crippen molar-refractivity contribution in [2.24, 2.45) is 0 Å². The van der Waals surface area contributed by atoms with Crippen molar-refractivity contribution in [1.82, 2.24) is 3.11 Å². The molecule has 0 saturated carbocycles. The maximum absolute atomic E-state index is 12.5. The van der Waals surface area contributed by atoms with Crippen LogP contribution in [0.2, 0.25) is 0 Å². The van der Waals surface area contributed by atoms with E-state index in [-0.39, 0.29) is 11.9 Å². The van der Waals surface area contributed by atoms with E-state index >= 15 is 0 Å². The fourth-order valence-corrected chi connectivity index (χ4v) is 3.47. The number of aryl methyl sites for hydroxylation is 1. The number of fused-ring (bicyclic) bond motifs is 1. The van der Waals surface area contributed by atoms with Gasteiger partial charge < -0.3 is 0 Å². The Morgan fingerprint density at radius 2 is 1.74 bits per heavy atom. The van der Waals surface area contributed by atoms with Crippen LogP contribution in [0, 0.1) is 0 Å². The molecule has 1 amide bonds. The molecule has 0 aliphatic heterocycles. The van der Waals surface area contributed by atoms with E-state index in [2.05, 4.69) is 47.1 Å². The average molecular weight is 363 g/mol. The molecule has 0 spiro atoms. The second kappa shape index (κ2) is 5.33. The second-order valence-electron chi connectivity index (χ2n) is 4.74. The van der Waals surface area contributed by atoms with Gasteiger partial charge in [0, 0.05) is 5.56 Å². The van der Waals surface area contributed by atoms with Gasteiger partial charge in [0.05, 0.1) is 28.9 Å². The molecule has 2 aromatic rings. The van der Waals surface area contributed by atoms with E-state index in [0.29, 0.717) is 0 Å². The highest BCUT2D eigenvalue weighted by Crippen LogP contribution is 2.38. The molecule has 19 heavy (non-hydrogen) atoms. The summed E-state index contributed by atoms with van der Waals surface area (Å²) in [5.74, 6) is 0.0860. The standard InChI is InChI=1S/C16H14INO/c17-18(16(19)13-7-2-1-3-8-13)15-11-10-12-6-4-5-9-14(12)15/h1-9,15H,10-11H2. The highest BCUT2D eigenvalue weighted by molar-refractivity contribution is 14.1. The van der Waals surface area contributed by atoms with Crippen molar-refractivity contribution in [3.63, 3.8) is 0 Å². The normalized spacial score (nSPS) is 17.0. The maximum Gasteiger partial charge on any atom is 0.263 e. The Kier molecular flexibility index (Phi) is 3.55. The van der Waals surface area contributed by atoms with Gasteiger partial charge in [0.25, 0.3) is 5.91 Å². The van der Waals surface area contributed by atoms with Gasteiger partial charge in [-0.3, -0.25) is 7.91 Å². The lowest BCUT2D eigenvalue weighted by Gasteiger charge is -2.23. The molecule has 0 aromatic heterocycles. The maximum atomic E-state index is 12.5. The molecule has 3 heteroatoms. The zero-order chi connectivity index (χ0) is 13.2. The summed E-state index contributed by atoms with van der Waals surface area (Å²) < 4.78 is 1.85. The van der Waals surface area contributed by atoms with E-state index < -0.39 is 0 Å². The highest BCUT2D eigenvalue weighted by atomic mass is 127. The number of hydrogen-bond donors (Lipinski definition) is 0. The number of carbonyl (C=O) groups excluding carboxylic acids is 1. The predicted molar refractivity (Wildman–Crippen MR) is 84.1 cm³/mol. The number of halogens is 1. The minimum Gasteiger partial charge on any atom is -0.273 e. The zero-order valence-corrected chi connectivity index (χ0v) is 12.6. The number of benzene rings is 2. The molecule has 0 heterocycles. The molecule has 1 unspecified atom stereocenters. The van der Waals surface area contributed by atoms with E-state index in [1.54, 1.807) is 0 Å². The Labute approximate surface area is 126 Å². The topological polar surface area (TPSA) is 20.3 Å². The van der Waals surface area contributed by atoms with Gasteiger partial charge in [-0.05, 0) is 36.1 Å². The Hall–Kier alpha value is -1.36. The Morgan fingerprint density at radius 1 is 1.05 bits per heavy atom. The molecule has 1 aliphatic carbocycles. The summed E-state index contributed by atoms with van der Waals surface area (Å²) >= 11 is 2.15. The lowest BCUT2D eigenvalue weighted by molar-refractivity contribution is 0.0855. The van der Waals surface area contributed by atoms with Crippen LogP contribution in [-0.2, 0) is 6.42 Å². The number of rotatable bonds is 2. The van der Waals surface area contributed by atoms with Crippen LogP contribution < -0.4 is 0 Å². The third-order valence-corrected chi connectivity index (χ3v) is 4.70. The first-order valence-electron chi connectivity index (χ1n) is 6.39. The Morgan fingerprint density at radius 3 is 2.53 bits per heavy atom. The highest BCUT2D eigenvalue weighted by Gasteiger charge is 2.29. The van der Waals surface area contributed by atoms with Crippen molar-refractivity contribution in [3.05, 3.63) is 71.3 Å². The monoisotopic (exact) mass is 363 g/mol. The fraction of sp³-hybridized carbons (Fsp3) is 0.188. The molecule has 0 radical (unpaired) electrons. The van der Waals surface area contributed by atoms with Crippen LogP contribution in [0.3, 0.4) is 0 Å². The molecule has 1 aliphatic rings. The largest absolute Gasteiger partial charge is 0.273 e. The summed E-state index contributed by atoms with van der Waals surface area (Å²) in [5, 5.41) is 0. The van der Waals surface area contributed by atoms with Gasteiger partial charge >= 0.3 is 0 Å². The number of carbonyl (C=O) groups is 1. The van der Waals surface area contributed by atoms with Gasteiger partial charge in [-0.25, -0.2) is 0 Å². The van der Waals surface area contributed by atoms with Crippen LogP contribution in [0.1, 0.15) is 33.9 Å². The van der Waals surface area contributed by atoms with Gasteiger partial charge in [0.2, 0.25) is 0 Å². The minimum absolute atomic E-state index is 0.0860. The summed E-state index contributed by atoms with van der Waals surface area (Å²) in [7, 11) is 0. The molecule has 2 aromatic carbocycles. The van der Waals surface area contributed by atoms with Gasteiger partial charge in [-0.2, -0.15) is 0 Å². The van der Waals surface area contributed by atoms with Gasteiger partial charge in [0.15, 0.2) is 0 Å². The van der Waals surface area contributed by atoms with Crippen molar-refractivity contribution in [2.75, 3.05) is 0 Å². The number of amides is 1. The number of nitrogens with zero attached hydrogens (tertiary/aromatic N) is 1. The van der Waals surface area contributed by atoms with Crippen LogP contribution in [0.15, 0.2) is 54.6 Å². The SMILES string of the molecule is O=C(c1ccccc1)N(I)C1CCc2ccccc21. The molecule has 2 nitrogen and oxygen atoms in total. The van der Waals surface area contributed by atoms with E-state index in [0.717, 1.165) is 18.4 Å². The molecular formula is C16H14INO. The van der Waals surface area contributed by atoms with E-state index in [1.807, 2.05) is 33.4 Å². The molecule has 3 rings (SSSR count). The molecule has 96 valence electrons. The van der Waals surface area contributed by atoms with Gasteiger partial charge in [-0.15, -0.1) is 0 Å². The van der Waals surface area contributed by atoms with Gasteiger partial charge in [-0.1, -0.05) is 42.5 Å². The molecule has 0 bridgehead atoms. The van der Waals surface area contributed by atoms with E-state index in [4.69, 9.17) is 0 Å². The summed E-state index contributed by atoms with van der Waals surface area (Å²) in [6.07, 6.45) is 2.07. The van der Waals surface area contributed by atoms with Crippen molar-refractivity contribution >= 4 is 28.8 Å². The van der Waals surface area contributed by atoms with Crippen LogP contribution in [0.25, 0.3) is 0 Å². The van der Waals surface area contributed by atoms with Crippen LogP contribution in [0.5, 0.6) is 0 Å². The quantitative estimate of drug-likeness (QED) is 0.580. The van der Waals surface area contributed by atoms with E-state index in [9.17, 15) is 4.79 Å². The fourth-order valence-electron chi connectivity index (χ4n) is 2.62. The van der Waals surface area contributed by atoms with Crippen molar-refractivity contribution in [2.45, 2.75) is 18.9 Å². The third kappa shape index (κ3) is 2.39. The van der Waals surface area contributed by atoms with Crippen LogP contribution >= 0.6 is 22.9 Å². The lowest BCUT2D eigenvalue weighted by atomic mass is 10.1. The minimum atomic E-state index is 0.0860. The smallest absolute Gasteiger partial charge is 0.263 e. The van der Waals surface area contributed by atoms with Crippen molar-refractivity contribution in [3.8, 4) is 0 Å². The Balaban J connectivity index is 1.86. The summed E-state index contributed by atoms with van der Waals surface area (Å²) in [4.78, 5) is 12.5. The van der Waals surface area contributed by atoms with Crippen molar-refractivity contribution < 1.29 is 4.79 Å². The molecular weight excluding hydrogens is 349 g/mol. The summed E-state index contributed by atoms with van der Waals surface area (Å²) in [6.45, 7) is 0. The van der Waals surface area contributed by atoms with Gasteiger partial charge in [0.1, 0.15) is 0 Å². The predicted octanol–water partition coefficient (Wildman–Crippen LogP) is 4.17. The number of hydrogen-bond acceptors (Lipinski definition) is 1. The molecule has 0 fully saturated rings. The molecule has 1 atom stereocenters. The summed E-state index contributed by atoms with van der Waals surface area (Å²) in [6, 6.07) is 18.1. The molecule has 0 saturated heterocycles.